The van der Waals surface area contributed by atoms with Crippen LogP contribution in [0.5, 0.6) is 0 Å². The number of methoxy groups -OCH3 is 1. The molecule has 0 spiro atoms. The molecular weight excluding hydrogens is 508 g/mol. The number of aryl methyl sites for hydroxylation is 2. The number of carbonyl (C=O) groups is 1. The number of rotatable bonds is 11. The summed E-state index contributed by atoms with van der Waals surface area (Å²) in [6.07, 6.45) is 10.8. The van der Waals surface area contributed by atoms with Crippen LogP contribution in [0.15, 0.2) is 66.0 Å². The van der Waals surface area contributed by atoms with Gasteiger partial charge in [0.1, 0.15) is 11.4 Å². The highest BCUT2D eigenvalue weighted by Crippen LogP contribution is 2.27. The second-order valence-corrected chi connectivity index (χ2v) is 9.56. The highest BCUT2D eigenvalue weighted by atomic mass is 16.5. The van der Waals surface area contributed by atoms with Crippen molar-refractivity contribution < 1.29 is 9.53 Å². The number of aromatic amines is 1. The number of carbonyl (C=O) groups excluding carboxylic acids is 1. The summed E-state index contributed by atoms with van der Waals surface area (Å²) < 4.78 is 10.3. The number of unbranched alkanes of at least 4 members (excludes halogenated alkanes) is 1. The predicted molar refractivity (Wildman–Crippen MR) is 150 cm³/mol. The molecule has 11 heteroatoms. The largest absolute Gasteiger partial charge is 0.465 e. The molecule has 0 saturated heterocycles. The molecule has 5 aromatic rings. The Balaban J connectivity index is 1.57. The third-order valence-electron chi connectivity index (χ3n) is 6.93. The van der Waals surface area contributed by atoms with E-state index in [1.807, 2.05) is 47.3 Å². The van der Waals surface area contributed by atoms with Crippen molar-refractivity contribution in [3.05, 3.63) is 88.5 Å². The Hall–Kier alpha value is -4.80. The van der Waals surface area contributed by atoms with E-state index in [-0.39, 0.29) is 5.69 Å². The Morgan fingerprint density at radius 2 is 1.85 bits per heavy atom. The highest BCUT2D eigenvalue weighted by molar-refractivity contribution is 5.93. The van der Waals surface area contributed by atoms with Crippen LogP contribution in [-0.2, 0) is 24.2 Å². The molecule has 0 atom stereocenters. The molecule has 0 bridgehead atoms. The molecule has 5 rings (SSSR count). The zero-order valence-corrected chi connectivity index (χ0v) is 22.9. The molecule has 0 aliphatic carbocycles. The third kappa shape index (κ3) is 5.22. The number of tetrazole rings is 1. The van der Waals surface area contributed by atoms with Gasteiger partial charge in [0.05, 0.1) is 13.7 Å². The third-order valence-corrected chi connectivity index (χ3v) is 6.93. The van der Waals surface area contributed by atoms with Crippen LogP contribution in [0.3, 0.4) is 0 Å². The smallest absolute Gasteiger partial charge is 0.341 e. The van der Waals surface area contributed by atoms with Gasteiger partial charge >= 0.3 is 11.7 Å². The summed E-state index contributed by atoms with van der Waals surface area (Å²) in [4.78, 5) is 31.0. The fraction of sp³-hybridized carbons (Fsp3) is 0.310. The minimum Gasteiger partial charge on any atom is -0.465 e. The first kappa shape index (κ1) is 26.8. The molecule has 0 amide bonds. The van der Waals surface area contributed by atoms with E-state index < -0.39 is 5.97 Å². The van der Waals surface area contributed by atoms with Crippen LogP contribution in [0.4, 0.5) is 0 Å². The van der Waals surface area contributed by atoms with Crippen LogP contribution in [0, 0.1) is 0 Å². The number of esters is 1. The maximum absolute atomic E-state index is 14.0. The van der Waals surface area contributed by atoms with E-state index in [0.717, 1.165) is 53.6 Å². The van der Waals surface area contributed by atoms with E-state index >= 15 is 0 Å². The van der Waals surface area contributed by atoms with E-state index in [2.05, 4.69) is 39.5 Å². The van der Waals surface area contributed by atoms with Gasteiger partial charge < -0.3 is 9.30 Å². The van der Waals surface area contributed by atoms with Gasteiger partial charge in [0, 0.05) is 42.6 Å². The van der Waals surface area contributed by atoms with Crippen LogP contribution in [-0.4, -0.2) is 52.4 Å². The van der Waals surface area contributed by atoms with Gasteiger partial charge in [0.25, 0.3) is 0 Å². The summed E-state index contributed by atoms with van der Waals surface area (Å²) in [5, 5.41) is 14.0. The van der Waals surface area contributed by atoms with Crippen molar-refractivity contribution >= 4 is 5.97 Å². The number of ether oxygens (including phenoxy) is 1. The van der Waals surface area contributed by atoms with Crippen molar-refractivity contribution in [1.82, 2.24) is 39.3 Å². The summed E-state index contributed by atoms with van der Waals surface area (Å²) in [7, 11) is 1.35. The van der Waals surface area contributed by atoms with Gasteiger partial charge in [-0.1, -0.05) is 44.5 Å². The lowest BCUT2D eigenvalue weighted by atomic mass is 10.00. The lowest BCUT2D eigenvalue weighted by molar-refractivity contribution is 0.0600. The lowest BCUT2D eigenvalue weighted by Crippen LogP contribution is -2.27. The Kier molecular flexibility index (Phi) is 7.99. The Morgan fingerprint density at radius 1 is 1.05 bits per heavy atom. The normalized spacial score (nSPS) is 11.2. The second kappa shape index (κ2) is 11.9. The molecule has 40 heavy (non-hydrogen) atoms. The van der Waals surface area contributed by atoms with E-state index in [9.17, 15) is 9.59 Å². The molecule has 1 aromatic carbocycles. The van der Waals surface area contributed by atoms with Gasteiger partial charge in [-0.3, -0.25) is 14.1 Å². The van der Waals surface area contributed by atoms with Crippen molar-refractivity contribution in [2.75, 3.05) is 7.11 Å². The first-order valence-electron chi connectivity index (χ1n) is 13.4. The first-order valence-corrected chi connectivity index (χ1v) is 13.4. The summed E-state index contributed by atoms with van der Waals surface area (Å²) in [5.41, 5.74) is 4.79. The summed E-state index contributed by atoms with van der Waals surface area (Å²) >= 11 is 0. The van der Waals surface area contributed by atoms with Crippen molar-refractivity contribution in [2.45, 2.75) is 52.6 Å². The van der Waals surface area contributed by atoms with E-state index in [1.165, 1.54) is 7.11 Å². The van der Waals surface area contributed by atoms with Crippen molar-refractivity contribution in [3.63, 3.8) is 0 Å². The zero-order chi connectivity index (χ0) is 28.1. The van der Waals surface area contributed by atoms with Gasteiger partial charge in [-0.25, -0.2) is 14.7 Å². The predicted octanol–water partition coefficient (Wildman–Crippen LogP) is 4.27. The zero-order valence-electron chi connectivity index (χ0n) is 22.9. The summed E-state index contributed by atoms with van der Waals surface area (Å²) in [6, 6.07) is 11.6. The Bertz CT molecular complexity index is 1650. The minimum atomic E-state index is -0.473. The minimum absolute atomic E-state index is 0.213. The van der Waals surface area contributed by atoms with E-state index in [0.29, 0.717) is 30.3 Å². The molecule has 1 N–H and O–H groups in total. The molecule has 4 aromatic heterocycles. The fourth-order valence-corrected chi connectivity index (χ4v) is 4.92. The number of hydrogen-bond acceptors (Lipinski definition) is 7. The van der Waals surface area contributed by atoms with Crippen LogP contribution in [0.2, 0.25) is 0 Å². The van der Waals surface area contributed by atoms with Crippen LogP contribution >= 0.6 is 0 Å². The SMILES string of the molecule is CCCCc1cn(-c2c(C(=O)OC)ccn2CCC)c(=O)n1Cc1cnccc1-c1ccc(-c2nnn[nH]2)cc1. The summed E-state index contributed by atoms with van der Waals surface area (Å²) in [5.74, 6) is 0.645. The number of pyridine rings is 1. The van der Waals surface area contributed by atoms with Gasteiger partial charge in [-0.2, -0.15) is 0 Å². The van der Waals surface area contributed by atoms with Crippen LogP contribution < -0.4 is 5.69 Å². The van der Waals surface area contributed by atoms with Crippen LogP contribution in [0.1, 0.15) is 54.7 Å². The lowest BCUT2D eigenvalue weighted by Gasteiger charge is -2.12. The molecule has 11 nitrogen and oxygen atoms in total. The molecule has 0 aliphatic heterocycles. The topological polar surface area (TPSA) is 126 Å². The Labute approximate surface area is 231 Å². The Morgan fingerprint density at radius 3 is 2.55 bits per heavy atom. The molecule has 0 unspecified atom stereocenters. The number of nitrogens with one attached hydrogen (secondary N) is 1. The molecular formula is C29H32N8O3. The second-order valence-electron chi connectivity index (χ2n) is 9.56. The average molecular weight is 541 g/mol. The molecule has 4 heterocycles. The highest BCUT2D eigenvalue weighted by Gasteiger charge is 2.23. The first-order chi connectivity index (χ1) is 19.5. The average Bonchev–Trinajstić information content (AvgIpc) is 3.73. The monoisotopic (exact) mass is 540 g/mol. The van der Waals surface area contributed by atoms with Gasteiger partial charge in [-0.15, -0.1) is 5.10 Å². The standard InChI is InChI=1S/C29H32N8O3/c1-4-6-7-23-19-37(27-25(28(38)40-3)13-16-35(27)15-5-2)29(39)36(23)18-22-17-30-14-12-24(22)20-8-10-21(11-9-20)26-31-33-34-32-26/h8-14,16-17,19H,4-7,15,18H2,1-3H3,(H,31,32,33,34). The van der Waals surface area contributed by atoms with Crippen molar-refractivity contribution in [2.24, 2.45) is 0 Å². The van der Waals surface area contributed by atoms with Crippen molar-refractivity contribution in [3.8, 4) is 28.3 Å². The number of benzene rings is 1. The van der Waals surface area contributed by atoms with Gasteiger partial charge in [-0.05, 0) is 58.5 Å². The van der Waals surface area contributed by atoms with Crippen LogP contribution in [0.25, 0.3) is 28.3 Å². The maximum Gasteiger partial charge on any atom is 0.341 e. The van der Waals surface area contributed by atoms with E-state index in [1.54, 1.807) is 27.6 Å². The molecule has 0 saturated carbocycles. The van der Waals surface area contributed by atoms with Gasteiger partial charge in [0.15, 0.2) is 5.82 Å². The van der Waals surface area contributed by atoms with E-state index in [4.69, 9.17) is 4.74 Å². The number of imidazole rings is 1. The fourth-order valence-electron chi connectivity index (χ4n) is 4.92. The number of aromatic nitrogens is 8. The maximum atomic E-state index is 14.0. The number of H-pyrrole nitrogens is 1. The van der Waals surface area contributed by atoms with Crippen molar-refractivity contribution in [1.29, 1.82) is 0 Å². The molecule has 0 radical (unpaired) electrons. The number of nitrogens with zero attached hydrogens (tertiary/aromatic N) is 7. The quantitative estimate of drug-likeness (QED) is 0.248. The summed E-state index contributed by atoms with van der Waals surface area (Å²) in [6.45, 7) is 5.19. The number of hydrogen-bond donors (Lipinski definition) is 1. The molecule has 206 valence electrons. The van der Waals surface area contributed by atoms with Gasteiger partial charge in [0.2, 0.25) is 0 Å². The molecule has 0 aliphatic rings. The molecule has 0 fully saturated rings.